The van der Waals surface area contributed by atoms with E-state index in [0.717, 1.165) is 5.56 Å². The van der Waals surface area contributed by atoms with Gasteiger partial charge in [0.2, 0.25) is 13.6 Å². The number of ether oxygens (including phenoxy) is 4. The van der Waals surface area contributed by atoms with Crippen LogP contribution in [0.3, 0.4) is 0 Å². The summed E-state index contributed by atoms with van der Waals surface area (Å²) in [4.78, 5) is 15.7. The summed E-state index contributed by atoms with van der Waals surface area (Å²) < 4.78 is 21.8. The number of carboxylic acid groups (broad SMARTS) is 1. The second kappa shape index (κ2) is 5.01. The van der Waals surface area contributed by atoms with Gasteiger partial charge in [-0.15, -0.1) is 0 Å². The van der Waals surface area contributed by atoms with Gasteiger partial charge in [-0.05, 0) is 41.5 Å². The van der Waals surface area contributed by atoms with E-state index >= 15 is 0 Å². The minimum absolute atomic E-state index is 0.0426. The Labute approximate surface area is 141 Å². The van der Waals surface area contributed by atoms with E-state index < -0.39 is 5.97 Å². The standard InChI is InChI=1S/C18H11NO6/c20-18(21)12-6-10(9-1-3-13-15(5-9)24-7-22-13)16-11(19-12)2-4-14-17(16)25-8-23-14/h1-6H,7-8H2,(H,20,21). The molecule has 0 saturated heterocycles. The van der Waals surface area contributed by atoms with E-state index in [1.165, 1.54) is 6.07 Å². The minimum Gasteiger partial charge on any atom is -0.477 e. The first-order chi connectivity index (χ1) is 12.2. The number of carbonyl (C=O) groups is 1. The maximum Gasteiger partial charge on any atom is 0.354 e. The molecular formula is C18H11NO6. The molecule has 0 amide bonds. The molecule has 3 aromatic rings. The predicted octanol–water partition coefficient (Wildman–Crippen LogP) is 3.06. The number of fused-ring (bicyclic) bond motifs is 4. The summed E-state index contributed by atoms with van der Waals surface area (Å²) in [6, 6.07) is 10.5. The third kappa shape index (κ3) is 2.06. The molecule has 2 aliphatic heterocycles. The van der Waals surface area contributed by atoms with Crippen molar-refractivity contribution in [2.24, 2.45) is 0 Å². The van der Waals surface area contributed by atoms with Gasteiger partial charge in [0.25, 0.3) is 0 Å². The summed E-state index contributed by atoms with van der Waals surface area (Å²) in [7, 11) is 0. The third-order valence-electron chi connectivity index (χ3n) is 4.21. The van der Waals surface area contributed by atoms with E-state index in [1.54, 1.807) is 18.2 Å². The van der Waals surface area contributed by atoms with Crippen molar-refractivity contribution < 1.29 is 28.8 Å². The van der Waals surface area contributed by atoms with Crippen molar-refractivity contribution >= 4 is 16.9 Å². The van der Waals surface area contributed by atoms with Crippen molar-refractivity contribution in [3.8, 4) is 34.1 Å². The zero-order chi connectivity index (χ0) is 17.0. The Morgan fingerprint density at radius 2 is 1.68 bits per heavy atom. The molecule has 0 aliphatic carbocycles. The van der Waals surface area contributed by atoms with Crippen LogP contribution in [0, 0.1) is 0 Å². The molecule has 0 spiro atoms. The zero-order valence-corrected chi connectivity index (χ0v) is 12.8. The van der Waals surface area contributed by atoms with Gasteiger partial charge in [-0.3, -0.25) is 0 Å². The predicted molar refractivity (Wildman–Crippen MR) is 86.4 cm³/mol. The van der Waals surface area contributed by atoms with E-state index in [9.17, 15) is 9.90 Å². The average Bonchev–Trinajstić information content (AvgIpc) is 3.28. The lowest BCUT2D eigenvalue weighted by Crippen LogP contribution is -2.02. The molecule has 0 bridgehead atoms. The minimum atomic E-state index is -1.10. The first-order valence-corrected chi connectivity index (χ1v) is 7.57. The van der Waals surface area contributed by atoms with Crippen molar-refractivity contribution in [1.29, 1.82) is 0 Å². The number of pyridine rings is 1. The Bertz CT molecular complexity index is 1050. The summed E-state index contributed by atoms with van der Waals surface area (Å²) in [5.74, 6) is 1.35. The van der Waals surface area contributed by atoms with Gasteiger partial charge >= 0.3 is 5.97 Å². The largest absolute Gasteiger partial charge is 0.477 e. The summed E-state index contributed by atoms with van der Waals surface area (Å²) in [5.41, 5.74) is 1.95. The molecule has 2 aromatic carbocycles. The molecular weight excluding hydrogens is 326 g/mol. The van der Waals surface area contributed by atoms with Crippen LogP contribution in [0.2, 0.25) is 0 Å². The van der Waals surface area contributed by atoms with Gasteiger partial charge in [0.15, 0.2) is 23.0 Å². The number of rotatable bonds is 2. The molecule has 3 heterocycles. The fraction of sp³-hybridized carbons (Fsp3) is 0.111. The highest BCUT2D eigenvalue weighted by Gasteiger charge is 2.23. The Hall–Kier alpha value is -3.48. The lowest BCUT2D eigenvalue weighted by Gasteiger charge is -2.11. The van der Waals surface area contributed by atoms with Crippen LogP contribution in [0.5, 0.6) is 23.0 Å². The van der Waals surface area contributed by atoms with Gasteiger partial charge in [0.05, 0.1) is 10.9 Å². The number of hydrogen-bond acceptors (Lipinski definition) is 6. The van der Waals surface area contributed by atoms with Crippen LogP contribution in [0.25, 0.3) is 22.0 Å². The van der Waals surface area contributed by atoms with E-state index in [4.69, 9.17) is 18.9 Å². The van der Waals surface area contributed by atoms with Crippen molar-refractivity contribution in [3.63, 3.8) is 0 Å². The number of carboxylic acids is 1. The fourth-order valence-corrected chi connectivity index (χ4v) is 3.09. The second-order valence-electron chi connectivity index (χ2n) is 5.62. The van der Waals surface area contributed by atoms with Gasteiger partial charge in [-0.25, -0.2) is 9.78 Å². The van der Waals surface area contributed by atoms with Crippen molar-refractivity contribution in [3.05, 3.63) is 42.1 Å². The fourth-order valence-electron chi connectivity index (χ4n) is 3.09. The summed E-state index contributed by atoms with van der Waals surface area (Å²) in [6.07, 6.45) is 0. The zero-order valence-electron chi connectivity index (χ0n) is 12.8. The third-order valence-corrected chi connectivity index (χ3v) is 4.21. The van der Waals surface area contributed by atoms with Crippen molar-refractivity contribution in [1.82, 2.24) is 4.98 Å². The van der Waals surface area contributed by atoms with Crippen LogP contribution in [0.1, 0.15) is 10.5 Å². The number of hydrogen-bond donors (Lipinski definition) is 1. The quantitative estimate of drug-likeness (QED) is 0.769. The van der Waals surface area contributed by atoms with Gasteiger partial charge in [0, 0.05) is 0 Å². The summed E-state index contributed by atoms with van der Waals surface area (Å²) in [5, 5.41) is 10.1. The Kier molecular flexibility index (Phi) is 2.79. The van der Waals surface area contributed by atoms with Gasteiger partial charge < -0.3 is 24.1 Å². The first kappa shape index (κ1) is 13.9. The second-order valence-corrected chi connectivity index (χ2v) is 5.62. The molecule has 0 fully saturated rings. The number of nitrogens with zero attached hydrogens (tertiary/aromatic N) is 1. The van der Waals surface area contributed by atoms with E-state index in [0.29, 0.717) is 39.5 Å². The highest BCUT2D eigenvalue weighted by Crippen LogP contribution is 2.45. The molecule has 7 heteroatoms. The van der Waals surface area contributed by atoms with Crippen LogP contribution in [-0.2, 0) is 0 Å². The average molecular weight is 337 g/mol. The smallest absolute Gasteiger partial charge is 0.354 e. The SMILES string of the molecule is O=C(O)c1cc(-c2ccc3c(c2)OCO3)c2c3c(ccc2n1)OCO3. The lowest BCUT2D eigenvalue weighted by molar-refractivity contribution is 0.0691. The van der Waals surface area contributed by atoms with E-state index in [1.807, 2.05) is 12.1 Å². The van der Waals surface area contributed by atoms with Gasteiger partial charge in [0.1, 0.15) is 5.69 Å². The molecule has 2 aliphatic rings. The lowest BCUT2D eigenvalue weighted by atomic mass is 9.98. The van der Waals surface area contributed by atoms with Crippen molar-refractivity contribution in [2.45, 2.75) is 0 Å². The van der Waals surface area contributed by atoms with Crippen LogP contribution in [0.15, 0.2) is 36.4 Å². The van der Waals surface area contributed by atoms with Crippen LogP contribution in [0.4, 0.5) is 0 Å². The topological polar surface area (TPSA) is 87.1 Å². The Morgan fingerprint density at radius 1 is 0.920 bits per heavy atom. The molecule has 0 saturated carbocycles. The molecule has 1 N–H and O–H groups in total. The van der Waals surface area contributed by atoms with Crippen LogP contribution < -0.4 is 18.9 Å². The Morgan fingerprint density at radius 3 is 2.56 bits per heavy atom. The van der Waals surface area contributed by atoms with Crippen molar-refractivity contribution in [2.75, 3.05) is 13.6 Å². The maximum atomic E-state index is 11.5. The molecule has 7 nitrogen and oxygen atoms in total. The summed E-state index contributed by atoms with van der Waals surface area (Å²) >= 11 is 0. The maximum absolute atomic E-state index is 11.5. The highest BCUT2D eigenvalue weighted by atomic mass is 16.7. The molecule has 0 unspecified atom stereocenters. The molecule has 1 aromatic heterocycles. The number of aromatic carboxylic acids is 1. The normalized spacial score (nSPS) is 14.1. The number of aromatic nitrogens is 1. The van der Waals surface area contributed by atoms with E-state index in [-0.39, 0.29) is 19.3 Å². The van der Waals surface area contributed by atoms with E-state index in [2.05, 4.69) is 4.98 Å². The first-order valence-electron chi connectivity index (χ1n) is 7.57. The van der Waals surface area contributed by atoms with Crippen LogP contribution in [-0.4, -0.2) is 29.6 Å². The summed E-state index contributed by atoms with van der Waals surface area (Å²) in [6.45, 7) is 0.290. The highest BCUT2D eigenvalue weighted by molar-refractivity contribution is 6.04. The molecule has 124 valence electrons. The molecule has 0 atom stereocenters. The monoisotopic (exact) mass is 337 g/mol. The Balaban J connectivity index is 1.83. The van der Waals surface area contributed by atoms with Gasteiger partial charge in [-0.1, -0.05) is 6.07 Å². The van der Waals surface area contributed by atoms with Crippen LogP contribution >= 0.6 is 0 Å². The number of benzene rings is 2. The van der Waals surface area contributed by atoms with Gasteiger partial charge in [-0.2, -0.15) is 0 Å². The molecule has 0 radical (unpaired) electrons. The molecule has 25 heavy (non-hydrogen) atoms. The molecule has 5 rings (SSSR count).